The Hall–Kier alpha value is -0.570. The van der Waals surface area contributed by atoms with E-state index in [4.69, 9.17) is 0 Å². The number of hydrogen-bond donors (Lipinski definition) is 1. The highest BCUT2D eigenvalue weighted by molar-refractivity contribution is 5.72. The van der Waals surface area contributed by atoms with Crippen molar-refractivity contribution in [2.45, 2.75) is 40.7 Å². The minimum Gasteiger partial charge on any atom is -0.469 e. The quantitative estimate of drug-likeness (QED) is 0.729. The van der Waals surface area contributed by atoms with Gasteiger partial charge in [0, 0.05) is 0 Å². The average Bonchev–Trinajstić information content (AvgIpc) is 2.54. The summed E-state index contributed by atoms with van der Waals surface area (Å²) in [5.41, 5.74) is 0.184. The van der Waals surface area contributed by atoms with Gasteiger partial charge in [-0.05, 0) is 23.7 Å². The number of rotatable bonds is 3. The molecular formula is C12H22O3. The first-order valence-corrected chi connectivity index (χ1v) is 5.43. The molecule has 3 nitrogen and oxygen atoms in total. The molecule has 0 aromatic heterocycles. The molecule has 0 aliphatic heterocycles. The van der Waals surface area contributed by atoms with Crippen molar-refractivity contribution in [1.29, 1.82) is 0 Å². The number of hydrogen-bond acceptors (Lipinski definition) is 3. The van der Waals surface area contributed by atoms with E-state index in [1.54, 1.807) is 6.92 Å². The zero-order chi connectivity index (χ0) is 12.0. The van der Waals surface area contributed by atoms with Crippen molar-refractivity contribution in [3.63, 3.8) is 0 Å². The SMILES string of the molecule is COC(=O)C(C)C(O)C1C(C)(C)C1(C)C. The van der Waals surface area contributed by atoms with E-state index in [2.05, 4.69) is 32.4 Å². The van der Waals surface area contributed by atoms with Crippen LogP contribution in [0.3, 0.4) is 0 Å². The first-order chi connectivity index (χ1) is 6.67. The Labute approximate surface area is 91.8 Å². The van der Waals surface area contributed by atoms with Crippen LogP contribution in [0, 0.1) is 22.7 Å². The van der Waals surface area contributed by atoms with Crippen LogP contribution in [-0.4, -0.2) is 24.3 Å². The number of methoxy groups -OCH3 is 1. The van der Waals surface area contributed by atoms with Gasteiger partial charge in [-0.3, -0.25) is 4.79 Å². The first-order valence-electron chi connectivity index (χ1n) is 5.43. The third kappa shape index (κ3) is 1.67. The topological polar surface area (TPSA) is 46.5 Å². The van der Waals surface area contributed by atoms with Crippen molar-refractivity contribution in [3.05, 3.63) is 0 Å². The lowest BCUT2D eigenvalue weighted by Crippen LogP contribution is -2.30. The number of aliphatic hydroxyl groups is 1. The molecule has 0 heterocycles. The normalized spacial score (nSPS) is 26.9. The summed E-state index contributed by atoms with van der Waals surface area (Å²) < 4.78 is 4.65. The van der Waals surface area contributed by atoms with Gasteiger partial charge in [0.25, 0.3) is 0 Å². The van der Waals surface area contributed by atoms with Gasteiger partial charge in [0.2, 0.25) is 0 Å². The molecule has 15 heavy (non-hydrogen) atoms. The fourth-order valence-electron chi connectivity index (χ4n) is 2.72. The zero-order valence-electron chi connectivity index (χ0n) is 10.5. The maximum absolute atomic E-state index is 11.3. The Kier molecular flexibility index (Phi) is 2.90. The first kappa shape index (κ1) is 12.5. The van der Waals surface area contributed by atoms with Gasteiger partial charge in [0.15, 0.2) is 0 Å². The number of aliphatic hydroxyl groups excluding tert-OH is 1. The summed E-state index contributed by atoms with van der Waals surface area (Å²) in [6.45, 7) is 10.2. The van der Waals surface area contributed by atoms with Crippen LogP contribution in [0.5, 0.6) is 0 Å². The summed E-state index contributed by atoms with van der Waals surface area (Å²) in [4.78, 5) is 11.3. The van der Waals surface area contributed by atoms with Gasteiger partial charge in [-0.1, -0.05) is 27.7 Å². The van der Waals surface area contributed by atoms with E-state index in [1.165, 1.54) is 7.11 Å². The van der Waals surface area contributed by atoms with Crippen molar-refractivity contribution in [1.82, 2.24) is 0 Å². The van der Waals surface area contributed by atoms with Crippen molar-refractivity contribution in [2.75, 3.05) is 7.11 Å². The molecule has 88 valence electrons. The molecule has 3 heteroatoms. The molecule has 1 rings (SSSR count). The molecule has 0 amide bonds. The molecule has 1 N–H and O–H groups in total. The third-order valence-electron chi connectivity index (χ3n) is 4.56. The van der Waals surface area contributed by atoms with Gasteiger partial charge in [0.05, 0.1) is 19.1 Å². The van der Waals surface area contributed by atoms with Gasteiger partial charge >= 0.3 is 5.97 Å². The van der Waals surface area contributed by atoms with Crippen LogP contribution < -0.4 is 0 Å². The van der Waals surface area contributed by atoms with Crippen LogP contribution in [0.1, 0.15) is 34.6 Å². The van der Waals surface area contributed by atoms with Crippen LogP contribution in [0.25, 0.3) is 0 Å². The molecule has 1 aliphatic carbocycles. The van der Waals surface area contributed by atoms with Gasteiger partial charge in [-0.15, -0.1) is 0 Å². The number of carbonyl (C=O) groups is 1. The standard InChI is InChI=1S/C12H22O3/c1-7(10(14)15-6)8(13)9-11(2,3)12(9,4)5/h7-9,13H,1-6H3. The van der Waals surface area contributed by atoms with E-state index in [0.29, 0.717) is 0 Å². The number of esters is 1. The largest absolute Gasteiger partial charge is 0.469 e. The van der Waals surface area contributed by atoms with Crippen LogP contribution in [0.4, 0.5) is 0 Å². The van der Waals surface area contributed by atoms with E-state index in [0.717, 1.165) is 0 Å². The summed E-state index contributed by atoms with van der Waals surface area (Å²) >= 11 is 0. The average molecular weight is 214 g/mol. The Balaban J connectivity index is 2.73. The smallest absolute Gasteiger partial charge is 0.311 e. The predicted molar refractivity (Wildman–Crippen MR) is 58.2 cm³/mol. The van der Waals surface area contributed by atoms with Crippen molar-refractivity contribution in [2.24, 2.45) is 22.7 Å². The molecular weight excluding hydrogens is 192 g/mol. The highest BCUT2D eigenvalue weighted by Gasteiger charge is 2.68. The molecule has 2 atom stereocenters. The van der Waals surface area contributed by atoms with Gasteiger partial charge in [-0.2, -0.15) is 0 Å². The van der Waals surface area contributed by atoms with E-state index in [-0.39, 0.29) is 22.7 Å². The van der Waals surface area contributed by atoms with E-state index in [1.807, 2.05) is 0 Å². The molecule has 0 saturated heterocycles. The minimum absolute atomic E-state index is 0.0920. The molecule has 1 aliphatic rings. The second-order valence-corrected chi connectivity index (χ2v) is 5.72. The second-order valence-electron chi connectivity index (χ2n) is 5.72. The minimum atomic E-state index is -0.609. The lowest BCUT2D eigenvalue weighted by Gasteiger charge is -2.18. The van der Waals surface area contributed by atoms with Crippen LogP contribution in [0.2, 0.25) is 0 Å². The monoisotopic (exact) mass is 214 g/mol. The summed E-state index contributed by atoms with van der Waals surface area (Å²) in [6, 6.07) is 0. The Bertz CT molecular complexity index is 254. The summed E-state index contributed by atoms with van der Waals surface area (Å²) in [5, 5.41) is 10.1. The molecule has 0 aromatic rings. The maximum Gasteiger partial charge on any atom is 0.311 e. The highest BCUT2D eigenvalue weighted by atomic mass is 16.5. The van der Waals surface area contributed by atoms with Crippen LogP contribution in [0.15, 0.2) is 0 Å². The highest BCUT2D eigenvalue weighted by Crippen LogP contribution is 2.70. The molecule has 0 spiro atoms. The van der Waals surface area contributed by atoms with Gasteiger partial charge < -0.3 is 9.84 Å². The molecule has 0 aromatic carbocycles. The summed E-state index contributed by atoms with van der Waals surface area (Å²) in [7, 11) is 1.36. The van der Waals surface area contributed by atoms with Gasteiger partial charge in [0.1, 0.15) is 0 Å². The van der Waals surface area contributed by atoms with Crippen LogP contribution >= 0.6 is 0 Å². The molecule has 0 bridgehead atoms. The fraction of sp³-hybridized carbons (Fsp3) is 0.917. The van der Waals surface area contributed by atoms with Crippen molar-refractivity contribution < 1.29 is 14.6 Å². The lowest BCUT2D eigenvalue weighted by molar-refractivity contribution is -0.149. The van der Waals surface area contributed by atoms with Crippen molar-refractivity contribution >= 4 is 5.97 Å². The Morgan fingerprint density at radius 3 is 1.93 bits per heavy atom. The van der Waals surface area contributed by atoms with E-state index >= 15 is 0 Å². The molecule has 1 saturated carbocycles. The van der Waals surface area contributed by atoms with E-state index in [9.17, 15) is 9.90 Å². The van der Waals surface area contributed by atoms with Crippen LogP contribution in [-0.2, 0) is 9.53 Å². The maximum atomic E-state index is 11.3. The van der Waals surface area contributed by atoms with Gasteiger partial charge in [-0.25, -0.2) is 0 Å². The number of ether oxygens (including phenoxy) is 1. The molecule has 2 unspecified atom stereocenters. The Morgan fingerprint density at radius 2 is 1.67 bits per heavy atom. The lowest BCUT2D eigenvalue weighted by atomic mass is 9.95. The predicted octanol–water partition coefficient (Wildman–Crippen LogP) is 1.84. The summed E-state index contributed by atoms with van der Waals surface area (Å²) in [6.07, 6.45) is -0.609. The second kappa shape index (κ2) is 3.48. The Morgan fingerprint density at radius 1 is 1.27 bits per heavy atom. The fourth-order valence-corrected chi connectivity index (χ4v) is 2.72. The number of carbonyl (C=O) groups excluding carboxylic acids is 1. The molecule has 1 fully saturated rings. The van der Waals surface area contributed by atoms with Crippen molar-refractivity contribution in [3.8, 4) is 0 Å². The molecule has 0 radical (unpaired) electrons. The third-order valence-corrected chi connectivity index (χ3v) is 4.56. The summed E-state index contributed by atoms with van der Waals surface area (Å²) in [5.74, 6) is -0.610. The van der Waals surface area contributed by atoms with E-state index < -0.39 is 12.0 Å². The zero-order valence-corrected chi connectivity index (χ0v) is 10.5.